The molecule has 0 aliphatic heterocycles. The third-order valence-electron chi connectivity index (χ3n) is 2.45. The lowest BCUT2D eigenvalue weighted by molar-refractivity contribution is 0.154. The Morgan fingerprint density at radius 3 is 2.73 bits per heavy atom. The van der Waals surface area contributed by atoms with Crippen LogP contribution >= 0.6 is 27.5 Å². The van der Waals surface area contributed by atoms with Crippen molar-refractivity contribution in [3.8, 4) is 0 Å². The molecule has 84 valence electrons. The molecule has 0 amide bonds. The van der Waals surface area contributed by atoms with Gasteiger partial charge in [0.1, 0.15) is 0 Å². The van der Waals surface area contributed by atoms with E-state index in [4.69, 9.17) is 16.7 Å². The summed E-state index contributed by atoms with van der Waals surface area (Å²) in [5.74, 6) is 0. The predicted molar refractivity (Wildman–Crippen MR) is 67.2 cm³/mol. The Morgan fingerprint density at radius 2 is 2.20 bits per heavy atom. The van der Waals surface area contributed by atoms with Crippen molar-refractivity contribution in [1.82, 2.24) is 4.90 Å². The molecule has 1 aromatic carbocycles. The van der Waals surface area contributed by atoms with Crippen LogP contribution in [0.3, 0.4) is 0 Å². The minimum Gasteiger partial charge on any atom is -0.395 e. The number of rotatable bonds is 4. The van der Waals surface area contributed by atoms with Crippen LogP contribution in [0.15, 0.2) is 22.7 Å². The van der Waals surface area contributed by atoms with Crippen LogP contribution in [0.25, 0.3) is 0 Å². The van der Waals surface area contributed by atoms with Crippen LogP contribution in [-0.2, 0) is 6.54 Å². The Bertz CT molecular complexity index is 332. The van der Waals surface area contributed by atoms with Crippen LogP contribution in [0.5, 0.6) is 0 Å². The molecule has 4 heteroatoms. The van der Waals surface area contributed by atoms with E-state index in [-0.39, 0.29) is 12.6 Å². The van der Waals surface area contributed by atoms with Gasteiger partial charge in [-0.05, 0) is 31.7 Å². The van der Waals surface area contributed by atoms with Gasteiger partial charge < -0.3 is 5.11 Å². The summed E-state index contributed by atoms with van der Waals surface area (Å²) in [7, 11) is 1.99. The number of aliphatic hydroxyl groups excluding tert-OH is 1. The zero-order chi connectivity index (χ0) is 11.4. The van der Waals surface area contributed by atoms with Gasteiger partial charge in [-0.2, -0.15) is 0 Å². The molecule has 2 nitrogen and oxygen atoms in total. The Labute approximate surface area is 104 Å². The fourth-order valence-electron chi connectivity index (χ4n) is 1.21. The van der Waals surface area contributed by atoms with E-state index in [1.165, 1.54) is 5.56 Å². The van der Waals surface area contributed by atoms with Gasteiger partial charge in [0, 0.05) is 22.1 Å². The van der Waals surface area contributed by atoms with Gasteiger partial charge in [-0.3, -0.25) is 4.90 Å². The Kier molecular flexibility index (Phi) is 5.06. The van der Waals surface area contributed by atoms with E-state index in [1.54, 1.807) is 0 Å². The van der Waals surface area contributed by atoms with Gasteiger partial charge in [-0.1, -0.05) is 33.6 Å². The van der Waals surface area contributed by atoms with E-state index in [0.717, 1.165) is 16.0 Å². The number of hydrogen-bond donors (Lipinski definition) is 1. The van der Waals surface area contributed by atoms with Crippen LogP contribution in [-0.4, -0.2) is 29.7 Å². The van der Waals surface area contributed by atoms with E-state index < -0.39 is 0 Å². The third-order valence-corrected chi connectivity index (χ3v) is 3.42. The lowest BCUT2D eigenvalue weighted by Crippen LogP contribution is -2.31. The van der Waals surface area contributed by atoms with E-state index in [1.807, 2.05) is 32.2 Å². The predicted octanol–water partition coefficient (Wildman–Crippen LogP) is 2.92. The number of benzene rings is 1. The third kappa shape index (κ3) is 3.76. The van der Waals surface area contributed by atoms with Crippen molar-refractivity contribution < 1.29 is 5.11 Å². The Hall–Kier alpha value is -0.0900. The zero-order valence-corrected chi connectivity index (χ0v) is 11.2. The molecule has 0 spiro atoms. The fraction of sp³-hybridized carbons (Fsp3) is 0.455. The highest BCUT2D eigenvalue weighted by Gasteiger charge is 2.10. The van der Waals surface area contributed by atoms with Crippen molar-refractivity contribution in [3.63, 3.8) is 0 Å². The first-order valence-corrected chi connectivity index (χ1v) is 5.96. The fourth-order valence-corrected chi connectivity index (χ4v) is 2.02. The van der Waals surface area contributed by atoms with Gasteiger partial charge in [0.25, 0.3) is 0 Å². The minimum absolute atomic E-state index is 0.160. The largest absolute Gasteiger partial charge is 0.395 e. The van der Waals surface area contributed by atoms with Gasteiger partial charge in [-0.15, -0.1) is 0 Å². The van der Waals surface area contributed by atoms with E-state index >= 15 is 0 Å². The van der Waals surface area contributed by atoms with Crippen LogP contribution in [0.4, 0.5) is 0 Å². The summed E-state index contributed by atoms with van der Waals surface area (Å²) in [6.07, 6.45) is 0. The second kappa shape index (κ2) is 5.85. The summed E-state index contributed by atoms with van der Waals surface area (Å²) in [5, 5.41) is 9.75. The molecule has 1 aromatic rings. The first-order valence-electron chi connectivity index (χ1n) is 4.79. The molecule has 0 fully saturated rings. The monoisotopic (exact) mass is 291 g/mol. The molecular weight excluding hydrogens is 277 g/mol. The molecule has 0 aromatic heterocycles. The highest BCUT2D eigenvalue weighted by molar-refractivity contribution is 9.10. The van der Waals surface area contributed by atoms with Crippen LogP contribution in [0.2, 0.25) is 5.02 Å². The highest BCUT2D eigenvalue weighted by Crippen LogP contribution is 2.22. The molecule has 15 heavy (non-hydrogen) atoms. The summed E-state index contributed by atoms with van der Waals surface area (Å²) in [6, 6.07) is 5.91. The smallest absolute Gasteiger partial charge is 0.0584 e. The molecule has 0 saturated carbocycles. The number of likely N-dealkylation sites (N-methyl/N-ethyl adjacent to an activating group) is 1. The second-order valence-electron chi connectivity index (χ2n) is 3.68. The minimum atomic E-state index is 0.160. The lowest BCUT2D eigenvalue weighted by atomic mass is 10.2. The van der Waals surface area contributed by atoms with Crippen molar-refractivity contribution in [2.45, 2.75) is 19.5 Å². The van der Waals surface area contributed by atoms with Gasteiger partial charge in [-0.25, -0.2) is 0 Å². The second-order valence-corrected chi connectivity index (χ2v) is 4.97. The average Bonchev–Trinajstić information content (AvgIpc) is 2.20. The SMILES string of the molecule is CC(CO)N(C)Cc1ccc(Cl)cc1Br. The number of halogens is 2. The van der Waals surface area contributed by atoms with E-state index in [9.17, 15) is 0 Å². The molecule has 1 unspecified atom stereocenters. The summed E-state index contributed by atoms with van der Waals surface area (Å²) in [4.78, 5) is 2.09. The number of aliphatic hydroxyl groups is 1. The molecule has 0 heterocycles. The van der Waals surface area contributed by atoms with Crippen molar-refractivity contribution >= 4 is 27.5 Å². The molecule has 1 atom stereocenters. The molecule has 0 saturated heterocycles. The van der Waals surface area contributed by atoms with Crippen molar-refractivity contribution in [2.75, 3.05) is 13.7 Å². The topological polar surface area (TPSA) is 23.5 Å². The Morgan fingerprint density at radius 1 is 1.53 bits per heavy atom. The number of nitrogens with zero attached hydrogens (tertiary/aromatic N) is 1. The number of hydrogen-bond acceptors (Lipinski definition) is 2. The highest BCUT2D eigenvalue weighted by atomic mass is 79.9. The van der Waals surface area contributed by atoms with Crippen molar-refractivity contribution in [3.05, 3.63) is 33.3 Å². The lowest BCUT2D eigenvalue weighted by Gasteiger charge is -2.23. The Balaban J connectivity index is 2.72. The maximum Gasteiger partial charge on any atom is 0.0584 e. The van der Waals surface area contributed by atoms with Crippen molar-refractivity contribution in [2.24, 2.45) is 0 Å². The van der Waals surface area contributed by atoms with Gasteiger partial charge in [0.15, 0.2) is 0 Å². The van der Waals surface area contributed by atoms with E-state index in [2.05, 4.69) is 20.8 Å². The molecule has 1 rings (SSSR count). The zero-order valence-electron chi connectivity index (χ0n) is 8.87. The van der Waals surface area contributed by atoms with Crippen LogP contribution < -0.4 is 0 Å². The molecule has 0 radical (unpaired) electrons. The standard InChI is InChI=1S/C11H15BrClNO/c1-8(7-15)14(2)6-9-3-4-10(13)5-11(9)12/h3-5,8,15H,6-7H2,1-2H3. The maximum atomic E-state index is 9.02. The first kappa shape index (κ1) is 13.0. The van der Waals surface area contributed by atoms with E-state index in [0.29, 0.717) is 0 Å². The molecule has 1 N–H and O–H groups in total. The summed E-state index contributed by atoms with van der Waals surface area (Å²) >= 11 is 9.33. The quantitative estimate of drug-likeness (QED) is 0.922. The molecular formula is C11H15BrClNO. The summed E-state index contributed by atoms with van der Waals surface area (Å²) in [6.45, 7) is 2.95. The van der Waals surface area contributed by atoms with Crippen LogP contribution in [0.1, 0.15) is 12.5 Å². The van der Waals surface area contributed by atoms with Gasteiger partial charge >= 0.3 is 0 Å². The summed E-state index contributed by atoms with van der Waals surface area (Å²) in [5.41, 5.74) is 1.17. The maximum absolute atomic E-state index is 9.02. The molecule has 0 aliphatic carbocycles. The van der Waals surface area contributed by atoms with Crippen molar-refractivity contribution in [1.29, 1.82) is 0 Å². The average molecular weight is 293 g/mol. The first-order chi connectivity index (χ1) is 7.04. The molecule has 0 bridgehead atoms. The van der Waals surface area contributed by atoms with Gasteiger partial charge in [0.05, 0.1) is 6.61 Å². The van der Waals surface area contributed by atoms with Crippen LogP contribution in [0, 0.1) is 0 Å². The normalized spacial score (nSPS) is 13.2. The summed E-state index contributed by atoms with van der Waals surface area (Å²) < 4.78 is 1.01. The molecule has 0 aliphatic rings. The van der Waals surface area contributed by atoms with Gasteiger partial charge in [0.2, 0.25) is 0 Å².